The van der Waals surface area contributed by atoms with Crippen LogP contribution in [0.15, 0.2) is 24.3 Å². The van der Waals surface area contributed by atoms with Gasteiger partial charge in [0.1, 0.15) is 12.7 Å². The van der Waals surface area contributed by atoms with Crippen molar-refractivity contribution in [2.45, 2.75) is 57.1 Å². The van der Waals surface area contributed by atoms with Crippen LogP contribution in [0.4, 0.5) is 0 Å². The Morgan fingerprint density at radius 1 is 0.840 bits per heavy atom. The van der Waals surface area contributed by atoms with Gasteiger partial charge in [-0.3, -0.25) is 9.80 Å². The molecule has 4 rings (SSSR count). The summed E-state index contributed by atoms with van der Waals surface area (Å²) in [5, 5.41) is 0. The Kier molecular flexibility index (Phi) is 5.78. The van der Waals surface area contributed by atoms with E-state index in [9.17, 15) is 0 Å². The number of benzene rings is 1. The van der Waals surface area contributed by atoms with E-state index in [0.29, 0.717) is 6.61 Å². The van der Waals surface area contributed by atoms with Gasteiger partial charge in [-0.2, -0.15) is 0 Å². The van der Waals surface area contributed by atoms with E-state index in [-0.39, 0.29) is 6.10 Å². The average molecular weight is 344 g/mol. The molecular weight excluding hydrogens is 312 g/mol. The predicted molar refractivity (Wildman–Crippen MR) is 100 cm³/mol. The van der Waals surface area contributed by atoms with Crippen molar-refractivity contribution in [2.24, 2.45) is 0 Å². The van der Waals surface area contributed by atoms with Crippen molar-refractivity contribution in [3.8, 4) is 11.5 Å². The molecule has 2 aliphatic heterocycles. The van der Waals surface area contributed by atoms with E-state index in [1.54, 1.807) is 0 Å². The maximum atomic E-state index is 6.13. The lowest BCUT2D eigenvalue weighted by molar-refractivity contribution is 0.0291. The number of nitrogens with zero attached hydrogens (tertiary/aromatic N) is 2. The summed E-state index contributed by atoms with van der Waals surface area (Å²) in [6.45, 7) is 6.41. The lowest BCUT2D eigenvalue weighted by Gasteiger charge is -2.41. The second-order valence-corrected chi connectivity index (χ2v) is 7.83. The van der Waals surface area contributed by atoms with Gasteiger partial charge in [0.25, 0.3) is 0 Å². The van der Waals surface area contributed by atoms with E-state index < -0.39 is 0 Å². The minimum Gasteiger partial charge on any atom is -0.486 e. The van der Waals surface area contributed by atoms with Gasteiger partial charge in [-0.25, -0.2) is 0 Å². The number of hydrogen-bond acceptors (Lipinski definition) is 4. The second-order valence-electron chi connectivity index (χ2n) is 7.83. The molecule has 2 heterocycles. The fourth-order valence-electron chi connectivity index (χ4n) is 4.55. The van der Waals surface area contributed by atoms with E-state index in [2.05, 4.69) is 9.80 Å². The van der Waals surface area contributed by atoms with Crippen LogP contribution in [-0.2, 0) is 0 Å². The SMILES string of the molecule is c1ccc2c(c1)OC[C@H](CN1CCN(C3CCCCCCC3)CC1)O2. The number of fused-ring (bicyclic) bond motifs is 1. The molecule has 1 saturated heterocycles. The van der Waals surface area contributed by atoms with Gasteiger partial charge >= 0.3 is 0 Å². The zero-order valence-electron chi connectivity index (χ0n) is 15.4. The lowest BCUT2D eigenvalue weighted by Crippen LogP contribution is -2.53. The smallest absolute Gasteiger partial charge is 0.161 e. The Balaban J connectivity index is 1.24. The molecule has 0 aromatic heterocycles. The molecule has 3 aliphatic rings. The van der Waals surface area contributed by atoms with E-state index in [0.717, 1.165) is 37.2 Å². The highest BCUT2D eigenvalue weighted by molar-refractivity contribution is 5.40. The Morgan fingerprint density at radius 2 is 1.52 bits per heavy atom. The van der Waals surface area contributed by atoms with Crippen LogP contribution in [0.2, 0.25) is 0 Å². The van der Waals surface area contributed by atoms with Gasteiger partial charge in [0.05, 0.1) is 0 Å². The van der Waals surface area contributed by atoms with Crippen molar-refractivity contribution in [2.75, 3.05) is 39.3 Å². The van der Waals surface area contributed by atoms with Crippen LogP contribution in [0, 0.1) is 0 Å². The molecule has 1 aromatic rings. The Morgan fingerprint density at radius 3 is 2.28 bits per heavy atom. The van der Waals surface area contributed by atoms with Gasteiger partial charge in [0, 0.05) is 38.8 Å². The molecule has 1 aliphatic carbocycles. The van der Waals surface area contributed by atoms with Crippen LogP contribution in [0.3, 0.4) is 0 Å². The summed E-state index contributed by atoms with van der Waals surface area (Å²) in [6, 6.07) is 8.84. The maximum Gasteiger partial charge on any atom is 0.161 e. The van der Waals surface area contributed by atoms with Crippen molar-refractivity contribution < 1.29 is 9.47 Å². The normalized spacial score (nSPS) is 26.8. The predicted octanol–water partition coefficient (Wildman–Crippen LogP) is 3.56. The molecule has 2 fully saturated rings. The van der Waals surface area contributed by atoms with Gasteiger partial charge in [-0.1, -0.05) is 44.2 Å². The molecule has 138 valence electrons. The number of para-hydroxylation sites is 2. The molecular formula is C21H32N2O2. The fraction of sp³-hybridized carbons (Fsp3) is 0.714. The zero-order valence-corrected chi connectivity index (χ0v) is 15.4. The number of rotatable bonds is 3. The van der Waals surface area contributed by atoms with Gasteiger partial charge < -0.3 is 9.47 Å². The highest BCUT2D eigenvalue weighted by Gasteiger charge is 2.27. The summed E-state index contributed by atoms with van der Waals surface area (Å²) >= 11 is 0. The molecule has 0 amide bonds. The van der Waals surface area contributed by atoms with Crippen molar-refractivity contribution in [1.29, 1.82) is 0 Å². The third-order valence-electron chi connectivity index (χ3n) is 6.03. The fourth-order valence-corrected chi connectivity index (χ4v) is 4.55. The van der Waals surface area contributed by atoms with Crippen molar-refractivity contribution >= 4 is 0 Å². The highest BCUT2D eigenvalue weighted by atomic mass is 16.6. The van der Waals surface area contributed by atoms with Crippen LogP contribution in [-0.4, -0.2) is 61.3 Å². The van der Waals surface area contributed by atoms with E-state index >= 15 is 0 Å². The lowest BCUT2D eigenvalue weighted by atomic mass is 9.95. The first-order valence-corrected chi connectivity index (χ1v) is 10.2. The largest absolute Gasteiger partial charge is 0.486 e. The topological polar surface area (TPSA) is 24.9 Å². The van der Waals surface area contributed by atoms with Gasteiger partial charge in [-0.05, 0) is 25.0 Å². The zero-order chi connectivity index (χ0) is 16.9. The van der Waals surface area contributed by atoms with Crippen molar-refractivity contribution in [1.82, 2.24) is 9.80 Å². The molecule has 25 heavy (non-hydrogen) atoms. The average Bonchev–Trinajstić information content (AvgIpc) is 2.62. The Hall–Kier alpha value is -1.26. The molecule has 4 nitrogen and oxygen atoms in total. The molecule has 1 atom stereocenters. The highest BCUT2D eigenvalue weighted by Crippen LogP contribution is 2.31. The quantitative estimate of drug-likeness (QED) is 0.837. The van der Waals surface area contributed by atoms with Crippen LogP contribution >= 0.6 is 0 Å². The number of piperazine rings is 1. The van der Waals surface area contributed by atoms with Gasteiger partial charge in [0.2, 0.25) is 0 Å². The molecule has 0 spiro atoms. The van der Waals surface area contributed by atoms with E-state index in [4.69, 9.17) is 9.47 Å². The van der Waals surface area contributed by atoms with E-state index in [1.807, 2.05) is 24.3 Å². The minimum atomic E-state index is 0.155. The summed E-state index contributed by atoms with van der Waals surface area (Å²) in [5.74, 6) is 1.78. The summed E-state index contributed by atoms with van der Waals surface area (Å²) in [4.78, 5) is 5.32. The van der Waals surface area contributed by atoms with Crippen LogP contribution in [0.25, 0.3) is 0 Å². The van der Waals surface area contributed by atoms with Crippen LogP contribution in [0.5, 0.6) is 11.5 Å². The summed E-state index contributed by atoms with van der Waals surface area (Å²) < 4.78 is 12.0. The van der Waals surface area contributed by atoms with Crippen molar-refractivity contribution in [3.63, 3.8) is 0 Å². The third-order valence-corrected chi connectivity index (χ3v) is 6.03. The molecule has 0 bridgehead atoms. The van der Waals surface area contributed by atoms with E-state index in [1.165, 1.54) is 58.0 Å². The summed E-state index contributed by atoms with van der Waals surface area (Å²) in [7, 11) is 0. The molecule has 0 N–H and O–H groups in total. The monoisotopic (exact) mass is 344 g/mol. The Labute approximate surface area is 152 Å². The van der Waals surface area contributed by atoms with Gasteiger partial charge in [0.15, 0.2) is 11.5 Å². The van der Waals surface area contributed by atoms with Crippen molar-refractivity contribution in [3.05, 3.63) is 24.3 Å². The maximum absolute atomic E-state index is 6.13. The first kappa shape index (κ1) is 17.2. The second kappa shape index (κ2) is 8.41. The molecule has 4 heteroatoms. The first-order chi connectivity index (χ1) is 12.4. The number of ether oxygens (including phenoxy) is 2. The summed E-state index contributed by atoms with van der Waals surface area (Å²) in [6.07, 6.45) is 10.2. The van der Waals surface area contributed by atoms with Gasteiger partial charge in [-0.15, -0.1) is 0 Å². The number of hydrogen-bond donors (Lipinski definition) is 0. The summed E-state index contributed by atoms with van der Waals surface area (Å²) in [5.41, 5.74) is 0. The molecule has 1 saturated carbocycles. The molecule has 0 radical (unpaired) electrons. The minimum absolute atomic E-state index is 0.155. The van der Waals surface area contributed by atoms with Crippen LogP contribution in [0.1, 0.15) is 44.9 Å². The Bertz CT molecular complexity index is 534. The standard InChI is InChI=1S/C21H32N2O2/c1-2-4-8-18(9-5-3-1)23-14-12-22(13-15-23)16-19-17-24-20-10-6-7-11-21(20)25-19/h6-7,10-11,18-19H,1-5,8-9,12-17H2/t19-/m0/s1. The first-order valence-electron chi connectivity index (χ1n) is 10.2. The molecule has 1 aromatic carbocycles. The van der Waals surface area contributed by atoms with Crippen LogP contribution < -0.4 is 9.47 Å². The third kappa shape index (κ3) is 4.48. The molecule has 0 unspecified atom stereocenters.